The third-order valence-electron chi connectivity index (χ3n) is 3.24. The first-order chi connectivity index (χ1) is 8.60. The van der Waals surface area contributed by atoms with Gasteiger partial charge in [0.05, 0.1) is 11.9 Å². The highest BCUT2D eigenvalue weighted by molar-refractivity contribution is 5.94. The third kappa shape index (κ3) is 3.83. The van der Waals surface area contributed by atoms with E-state index in [9.17, 15) is 4.79 Å². The SMILES string of the molecule is CCCC(CCC)C(=O)N(C)c1ccc(C)nc1. The van der Waals surface area contributed by atoms with E-state index in [-0.39, 0.29) is 11.8 Å². The van der Waals surface area contributed by atoms with E-state index in [0.29, 0.717) is 0 Å². The Morgan fingerprint density at radius 1 is 1.28 bits per heavy atom. The molecule has 0 saturated heterocycles. The first-order valence-corrected chi connectivity index (χ1v) is 6.80. The average Bonchev–Trinajstić information content (AvgIpc) is 2.38. The lowest BCUT2D eigenvalue weighted by Crippen LogP contribution is -2.33. The molecule has 0 aliphatic heterocycles. The zero-order valence-corrected chi connectivity index (χ0v) is 11.9. The molecule has 1 aromatic heterocycles. The standard InChI is InChI=1S/C15H24N2O/c1-5-7-13(8-6-2)15(18)17(4)14-10-9-12(3)16-11-14/h9-11,13H,5-8H2,1-4H3. The number of anilines is 1. The molecule has 0 aromatic carbocycles. The predicted molar refractivity (Wildman–Crippen MR) is 75.7 cm³/mol. The summed E-state index contributed by atoms with van der Waals surface area (Å²) in [6.07, 6.45) is 5.81. The molecule has 18 heavy (non-hydrogen) atoms. The van der Waals surface area contributed by atoms with Gasteiger partial charge in [-0.1, -0.05) is 26.7 Å². The number of hydrogen-bond acceptors (Lipinski definition) is 2. The number of hydrogen-bond donors (Lipinski definition) is 0. The Morgan fingerprint density at radius 3 is 2.33 bits per heavy atom. The van der Waals surface area contributed by atoms with Gasteiger partial charge in [0.25, 0.3) is 0 Å². The van der Waals surface area contributed by atoms with E-state index in [1.54, 1.807) is 11.1 Å². The van der Waals surface area contributed by atoms with Crippen LogP contribution in [0.25, 0.3) is 0 Å². The summed E-state index contributed by atoms with van der Waals surface area (Å²) in [6, 6.07) is 3.89. The maximum absolute atomic E-state index is 12.4. The van der Waals surface area contributed by atoms with E-state index in [0.717, 1.165) is 37.1 Å². The van der Waals surface area contributed by atoms with Gasteiger partial charge in [0.1, 0.15) is 0 Å². The van der Waals surface area contributed by atoms with Crippen molar-refractivity contribution in [3.05, 3.63) is 24.0 Å². The van der Waals surface area contributed by atoms with Crippen LogP contribution in [0.5, 0.6) is 0 Å². The first-order valence-electron chi connectivity index (χ1n) is 6.80. The molecule has 0 bridgehead atoms. The van der Waals surface area contributed by atoms with Crippen LogP contribution >= 0.6 is 0 Å². The molecular formula is C15H24N2O. The summed E-state index contributed by atoms with van der Waals surface area (Å²) in [4.78, 5) is 18.4. The number of aryl methyl sites for hydroxylation is 1. The van der Waals surface area contributed by atoms with Crippen molar-refractivity contribution in [2.24, 2.45) is 5.92 Å². The molecule has 1 heterocycles. The van der Waals surface area contributed by atoms with Crippen LogP contribution in [0.1, 0.15) is 45.2 Å². The van der Waals surface area contributed by atoms with Crippen molar-refractivity contribution in [2.45, 2.75) is 46.5 Å². The van der Waals surface area contributed by atoms with Crippen molar-refractivity contribution in [1.29, 1.82) is 0 Å². The Balaban J connectivity index is 2.77. The van der Waals surface area contributed by atoms with Crippen LogP contribution in [-0.2, 0) is 4.79 Å². The van der Waals surface area contributed by atoms with Crippen molar-refractivity contribution in [3.63, 3.8) is 0 Å². The van der Waals surface area contributed by atoms with Crippen molar-refractivity contribution >= 4 is 11.6 Å². The molecule has 0 unspecified atom stereocenters. The molecule has 3 nitrogen and oxygen atoms in total. The number of pyridine rings is 1. The largest absolute Gasteiger partial charge is 0.314 e. The van der Waals surface area contributed by atoms with Crippen molar-refractivity contribution in [2.75, 3.05) is 11.9 Å². The monoisotopic (exact) mass is 248 g/mol. The maximum Gasteiger partial charge on any atom is 0.229 e. The minimum absolute atomic E-state index is 0.145. The molecule has 1 amide bonds. The Kier molecular flexibility index (Phi) is 5.83. The number of nitrogens with zero attached hydrogens (tertiary/aromatic N) is 2. The molecule has 1 rings (SSSR count). The zero-order valence-electron chi connectivity index (χ0n) is 11.9. The van der Waals surface area contributed by atoms with Gasteiger partial charge in [-0.25, -0.2) is 0 Å². The molecule has 0 spiro atoms. The maximum atomic E-state index is 12.4. The molecule has 0 saturated carbocycles. The molecule has 1 aromatic rings. The molecule has 0 aliphatic carbocycles. The van der Waals surface area contributed by atoms with Gasteiger partial charge in [0.2, 0.25) is 5.91 Å². The molecule has 0 radical (unpaired) electrons. The van der Waals surface area contributed by atoms with Crippen LogP contribution in [0.3, 0.4) is 0 Å². The van der Waals surface area contributed by atoms with E-state index >= 15 is 0 Å². The smallest absolute Gasteiger partial charge is 0.229 e. The summed E-state index contributed by atoms with van der Waals surface area (Å²) in [5, 5.41) is 0. The van der Waals surface area contributed by atoms with Gasteiger partial charge in [-0.05, 0) is 31.9 Å². The molecule has 100 valence electrons. The number of aromatic nitrogens is 1. The quantitative estimate of drug-likeness (QED) is 0.771. The van der Waals surface area contributed by atoms with Crippen LogP contribution in [0, 0.1) is 12.8 Å². The minimum atomic E-state index is 0.145. The van der Waals surface area contributed by atoms with Gasteiger partial charge in [-0.3, -0.25) is 9.78 Å². The highest BCUT2D eigenvalue weighted by atomic mass is 16.2. The van der Waals surface area contributed by atoms with Crippen LogP contribution in [0.15, 0.2) is 18.3 Å². The van der Waals surface area contributed by atoms with E-state index in [4.69, 9.17) is 0 Å². The Hall–Kier alpha value is -1.38. The van der Waals surface area contributed by atoms with Gasteiger partial charge >= 0.3 is 0 Å². The average molecular weight is 248 g/mol. The Morgan fingerprint density at radius 2 is 1.89 bits per heavy atom. The lowest BCUT2D eigenvalue weighted by molar-refractivity contribution is -0.122. The summed E-state index contributed by atoms with van der Waals surface area (Å²) in [5.41, 5.74) is 1.85. The highest BCUT2D eigenvalue weighted by Gasteiger charge is 2.21. The van der Waals surface area contributed by atoms with Crippen LogP contribution in [0.4, 0.5) is 5.69 Å². The number of amides is 1. The molecule has 3 heteroatoms. The topological polar surface area (TPSA) is 33.2 Å². The summed E-state index contributed by atoms with van der Waals surface area (Å²) >= 11 is 0. The number of carbonyl (C=O) groups excluding carboxylic acids is 1. The lowest BCUT2D eigenvalue weighted by atomic mass is 9.96. The summed E-state index contributed by atoms with van der Waals surface area (Å²) in [7, 11) is 1.84. The molecule has 0 N–H and O–H groups in total. The van der Waals surface area contributed by atoms with Gasteiger partial charge in [0.15, 0.2) is 0 Å². The summed E-state index contributed by atoms with van der Waals surface area (Å²) in [5.74, 6) is 0.357. The second-order valence-electron chi connectivity index (χ2n) is 4.83. The fourth-order valence-corrected chi connectivity index (χ4v) is 2.15. The normalized spacial score (nSPS) is 10.7. The van der Waals surface area contributed by atoms with Gasteiger partial charge in [-0.15, -0.1) is 0 Å². The first kappa shape index (κ1) is 14.7. The third-order valence-corrected chi connectivity index (χ3v) is 3.24. The van der Waals surface area contributed by atoms with Crippen molar-refractivity contribution in [1.82, 2.24) is 4.98 Å². The second kappa shape index (κ2) is 7.14. The van der Waals surface area contributed by atoms with E-state index in [2.05, 4.69) is 18.8 Å². The fourth-order valence-electron chi connectivity index (χ4n) is 2.15. The van der Waals surface area contributed by atoms with Crippen LogP contribution in [-0.4, -0.2) is 17.9 Å². The highest BCUT2D eigenvalue weighted by Crippen LogP contribution is 2.20. The number of carbonyl (C=O) groups is 1. The van der Waals surface area contributed by atoms with E-state index in [1.807, 2.05) is 26.1 Å². The zero-order chi connectivity index (χ0) is 13.5. The van der Waals surface area contributed by atoms with Gasteiger partial charge in [-0.2, -0.15) is 0 Å². The molecular weight excluding hydrogens is 224 g/mol. The van der Waals surface area contributed by atoms with Crippen molar-refractivity contribution < 1.29 is 4.79 Å². The molecule has 0 aliphatic rings. The fraction of sp³-hybridized carbons (Fsp3) is 0.600. The number of rotatable bonds is 6. The van der Waals surface area contributed by atoms with Crippen molar-refractivity contribution in [3.8, 4) is 0 Å². The summed E-state index contributed by atoms with van der Waals surface area (Å²) < 4.78 is 0. The van der Waals surface area contributed by atoms with Gasteiger partial charge < -0.3 is 4.90 Å². The van der Waals surface area contributed by atoms with E-state index < -0.39 is 0 Å². The Labute approximate surface area is 110 Å². The van der Waals surface area contributed by atoms with E-state index in [1.165, 1.54) is 0 Å². The van der Waals surface area contributed by atoms with Crippen LogP contribution in [0.2, 0.25) is 0 Å². The van der Waals surface area contributed by atoms with Crippen LogP contribution < -0.4 is 4.90 Å². The second-order valence-corrected chi connectivity index (χ2v) is 4.83. The lowest BCUT2D eigenvalue weighted by Gasteiger charge is -2.23. The Bertz CT molecular complexity index is 367. The van der Waals surface area contributed by atoms with Gasteiger partial charge in [0, 0.05) is 18.7 Å². The molecule has 0 atom stereocenters. The summed E-state index contributed by atoms with van der Waals surface area (Å²) in [6.45, 7) is 6.20. The minimum Gasteiger partial charge on any atom is -0.314 e. The molecule has 0 fully saturated rings. The predicted octanol–water partition coefficient (Wildman–Crippen LogP) is 3.57.